The van der Waals surface area contributed by atoms with Crippen LogP contribution in [-0.2, 0) is 4.79 Å². The van der Waals surface area contributed by atoms with Gasteiger partial charge in [-0.15, -0.1) is 0 Å². The first-order chi connectivity index (χ1) is 9.15. The lowest BCUT2D eigenvalue weighted by molar-refractivity contribution is -0.191. The Hall–Kier alpha value is -1.31. The summed E-state index contributed by atoms with van der Waals surface area (Å²) in [4.78, 5) is 24.1. The summed E-state index contributed by atoms with van der Waals surface area (Å²) in [6.07, 6.45) is -2.60. The molecule has 3 amide bonds. The molecule has 5 nitrogen and oxygen atoms in total. The van der Waals surface area contributed by atoms with Crippen molar-refractivity contribution in [1.82, 2.24) is 15.5 Å². The maximum Gasteiger partial charge on any atom is 0.420 e. The molecule has 0 aromatic heterocycles. The third-order valence-corrected chi connectivity index (χ3v) is 3.67. The molecule has 0 spiro atoms. The van der Waals surface area contributed by atoms with Crippen LogP contribution in [0.15, 0.2) is 0 Å². The number of carbonyl (C=O) groups excluding carboxylic acids is 2. The van der Waals surface area contributed by atoms with Crippen molar-refractivity contribution in [2.75, 3.05) is 13.1 Å². The summed E-state index contributed by atoms with van der Waals surface area (Å²) in [5.74, 6) is -1.32. The fourth-order valence-corrected chi connectivity index (χ4v) is 2.09. The minimum atomic E-state index is -4.80. The van der Waals surface area contributed by atoms with E-state index >= 15 is 0 Å². The lowest BCUT2D eigenvalue weighted by Gasteiger charge is -2.25. The Morgan fingerprint density at radius 2 is 2.05 bits per heavy atom. The summed E-state index contributed by atoms with van der Waals surface area (Å²) >= 11 is 0. The molecule has 2 N–H and O–H groups in total. The molecule has 1 aliphatic carbocycles. The molecule has 1 saturated carbocycles. The number of imide groups is 1. The zero-order chi connectivity index (χ0) is 15.1. The molecule has 2 unspecified atom stereocenters. The molecule has 0 aromatic rings. The van der Waals surface area contributed by atoms with Crippen LogP contribution < -0.4 is 10.6 Å². The predicted octanol–water partition coefficient (Wildman–Crippen LogP) is 1.25. The monoisotopic (exact) mass is 293 g/mol. The highest BCUT2D eigenvalue weighted by molar-refractivity contribution is 6.07. The molecule has 0 aromatic carbocycles. The third-order valence-electron chi connectivity index (χ3n) is 3.67. The molecule has 0 radical (unpaired) electrons. The van der Waals surface area contributed by atoms with E-state index in [-0.39, 0.29) is 12.5 Å². The van der Waals surface area contributed by atoms with Gasteiger partial charge in [-0.2, -0.15) is 13.2 Å². The number of carbonyl (C=O) groups is 2. The highest BCUT2D eigenvalue weighted by atomic mass is 19.4. The van der Waals surface area contributed by atoms with Gasteiger partial charge in [-0.1, -0.05) is 6.92 Å². The van der Waals surface area contributed by atoms with Crippen molar-refractivity contribution in [2.45, 2.75) is 44.4 Å². The maximum absolute atomic E-state index is 12.9. The van der Waals surface area contributed by atoms with Gasteiger partial charge in [0.05, 0.1) is 0 Å². The number of hydrogen-bond acceptors (Lipinski definition) is 3. The molecular weight excluding hydrogens is 275 g/mol. The zero-order valence-corrected chi connectivity index (χ0v) is 11.4. The number of rotatable bonds is 5. The Morgan fingerprint density at radius 3 is 2.50 bits per heavy atom. The second kappa shape index (κ2) is 4.91. The topological polar surface area (TPSA) is 61.4 Å². The molecule has 1 heterocycles. The SMILES string of the molecule is CC(CNC1CC1)CN1C(=O)NC(C)(C(F)(F)F)C1=O. The number of hydrogen-bond donors (Lipinski definition) is 2. The Labute approximate surface area is 114 Å². The fourth-order valence-electron chi connectivity index (χ4n) is 2.09. The predicted molar refractivity (Wildman–Crippen MR) is 64.9 cm³/mol. The molecule has 8 heteroatoms. The Kier molecular flexibility index (Phi) is 3.70. The quantitative estimate of drug-likeness (QED) is 0.750. The number of alkyl halides is 3. The van der Waals surface area contributed by atoms with Gasteiger partial charge in [0.25, 0.3) is 5.91 Å². The summed E-state index contributed by atoms with van der Waals surface area (Å²) in [5.41, 5.74) is -2.81. The first-order valence-corrected chi connectivity index (χ1v) is 6.59. The Bertz CT molecular complexity index is 423. The summed E-state index contributed by atoms with van der Waals surface area (Å²) in [6, 6.07) is -0.505. The van der Waals surface area contributed by atoms with E-state index in [2.05, 4.69) is 5.32 Å². The number of nitrogens with one attached hydrogen (secondary N) is 2. The number of halogens is 3. The first kappa shape index (κ1) is 15.1. The van der Waals surface area contributed by atoms with Gasteiger partial charge in [-0.05, 0) is 32.2 Å². The zero-order valence-electron chi connectivity index (χ0n) is 11.4. The minimum Gasteiger partial charge on any atom is -0.316 e. The van der Waals surface area contributed by atoms with E-state index in [1.165, 1.54) is 0 Å². The van der Waals surface area contributed by atoms with Crippen LogP contribution in [0.5, 0.6) is 0 Å². The van der Waals surface area contributed by atoms with E-state index < -0.39 is 23.7 Å². The lowest BCUT2D eigenvalue weighted by Crippen LogP contribution is -2.56. The molecule has 0 bridgehead atoms. The van der Waals surface area contributed by atoms with Crippen LogP contribution in [0.25, 0.3) is 0 Å². The first-order valence-electron chi connectivity index (χ1n) is 6.59. The van der Waals surface area contributed by atoms with Crippen LogP contribution >= 0.6 is 0 Å². The van der Waals surface area contributed by atoms with Crippen molar-refractivity contribution < 1.29 is 22.8 Å². The number of nitrogens with zero attached hydrogens (tertiary/aromatic N) is 1. The van der Waals surface area contributed by atoms with Crippen LogP contribution in [-0.4, -0.2) is 47.7 Å². The van der Waals surface area contributed by atoms with Gasteiger partial charge in [-0.25, -0.2) is 4.79 Å². The van der Waals surface area contributed by atoms with E-state index in [9.17, 15) is 22.8 Å². The summed E-state index contributed by atoms with van der Waals surface area (Å²) in [5, 5.41) is 4.96. The van der Waals surface area contributed by atoms with Crippen LogP contribution in [0.4, 0.5) is 18.0 Å². The standard InChI is InChI=1S/C12H18F3N3O2/c1-7(5-16-8-3-4-8)6-18-9(19)11(2,12(13,14)15)17-10(18)20/h7-8,16H,3-6H2,1-2H3,(H,17,20). The second-order valence-corrected chi connectivity index (χ2v) is 5.76. The summed E-state index contributed by atoms with van der Waals surface area (Å²) < 4.78 is 38.6. The van der Waals surface area contributed by atoms with Crippen molar-refractivity contribution in [3.8, 4) is 0 Å². The van der Waals surface area contributed by atoms with Crippen LogP contribution in [0.3, 0.4) is 0 Å². The summed E-state index contributed by atoms with van der Waals surface area (Å²) in [7, 11) is 0. The van der Waals surface area contributed by atoms with Crippen molar-refractivity contribution in [3.63, 3.8) is 0 Å². The van der Waals surface area contributed by atoms with E-state index in [1.54, 1.807) is 12.2 Å². The highest BCUT2D eigenvalue weighted by Crippen LogP contribution is 2.35. The van der Waals surface area contributed by atoms with Crippen molar-refractivity contribution in [3.05, 3.63) is 0 Å². The smallest absolute Gasteiger partial charge is 0.316 e. The van der Waals surface area contributed by atoms with Crippen LogP contribution in [0.2, 0.25) is 0 Å². The van der Waals surface area contributed by atoms with E-state index in [4.69, 9.17) is 0 Å². The van der Waals surface area contributed by atoms with Crippen molar-refractivity contribution in [2.24, 2.45) is 5.92 Å². The Morgan fingerprint density at radius 1 is 1.45 bits per heavy atom. The minimum absolute atomic E-state index is 0.0178. The van der Waals surface area contributed by atoms with Crippen LogP contribution in [0, 0.1) is 5.92 Å². The third kappa shape index (κ3) is 2.74. The second-order valence-electron chi connectivity index (χ2n) is 5.76. The summed E-state index contributed by atoms with van der Waals surface area (Å²) in [6.45, 7) is 3.04. The van der Waals surface area contributed by atoms with E-state index in [1.807, 2.05) is 0 Å². The number of amides is 3. The lowest BCUT2D eigenvalue weighted by atomic mass is 10.0. The molecule has 2 aliphatic rings. The molecular formula is C12H18F3N3O2. The average Bonchev–Trinajstić information content (AvgIpc) is 3.11. The van der Waals surface area contributed by atoms with Gasteiger partial charge in [0.15, 0.2) is 0 Å². The molecule has 1 saturated heterocycles. The Balaban J connectivity index is 1.97. The van der Waals surface area contributed by atoms with Gasteiger partial charge in [0, 0.05) is 12.6 Å². The highest BCUT2D eigenvalue weighted by Gasteiger charge is 2.64. The molecule has 2 rings (SSSR count). The number of urea groups is 1. The average molecular weight is 293 g/mol. The molecule has 2 fully saturated rings. The molecule has 114 valence electrons. The largest absolute Gasteiger partial charge is 0.420 e. The fraction of sp³-hybridized carbons (Fsp3) is 0.833. The van der Waals surface area contributed by atoms with Gasteiger partial charge >= 0.3 is 12.2 Å². The molecule has 1 aliphatic heterocycles. The van der Waals surface area contributed by atoms with Gasteiger partial charge in [0.1, 0.15) is 0 Å². The maximum atomic E-state index is 12.9. The van der Waals surface area contributed by atoms with Gasteiger partial charge in [0.2, 0.25) is 5.54 Å². The van der Waals surface area contributed by atoms with Gasteiger partial charge < -0.3 is 10.6 Å². The van der Waals surface area contributed by atoms with E-state index in [0.29, 0.717) is 24.4 Å². The van der Waals surface area contributed by atoms with Crippen LogP contribution in [0.1, 0.15) is 26.7 Å². The van der Waals surface area contributed by atoms with Crippen molar-refractivity contribution >= 4 is 11.9 Å². The van der Waals surface area contributed by atoms with Crippen molar-refractivity contribution in [1.29, 1.82) is 0 Å². The van der Waals surface area contributed by atoms with E-state index in [0.717, 1.165) is 12.8 Å². The molecule has 2 atom stereocenters. The van der Waals surface area contributed by atoms with Gasteiger partial charge in [-0.3, -0.25) is 9.69 Å². The molecule has 20 heavy (non-hydrogen) atoms. The normalized spacial score (nSPS) is 28.8.